The normalized spacial score (nSPS) is 11.2. The number of fused-ring (bicyclic) bond motifs is 1. The molecule has 0 radical (unpaired) electrons. The number of aryl methyl sites for hydroxylation is 4. The van der Waals surface area contributed by atoms with Crippen molar-refractivity contribution < 1.29 is 4.74 Å². The van der Waals surface area contributed by atoms with Crippen molar-refractivity contribution in [1.82, 2.24) is 24.4 Å². The first-order chi connectivity index (χ1) is 15.6. The Kier molecular flexibility index (Phi) is 6.97. The first kappa shape index (κ1) is 21.8. The van der Waals surface area contributed by atoms with Crippen LogP contribution in [-0.2, 0) is 33.5 Å². The highest BCUT2D eigenvalue weighted by atomic mass is 16.5. The molecule has 1 N–H and O–H groups in total. The molecule has 0 unspecified atom stereocenters. The fourth-order valence-corrected chi connectivity index (χ4v) is 3.79. The first-order valence-corrected chi connectivity index (χ1v) is 10.9. The smallest absolute Gasteiger partial charge is 0.328 e. The predicted octanol–water partition coefficient (Wildman–Crippen LogP) is 3.01. The number of pyridine rings is 2. The highest BCUT2D eigenvalue weighted by Crippen LogP contribution is 2.19. The lowest BCUT2D eigenvalue weighted by molar-refractivity contribution is 0.308. The SMILES string of the molecule is Cn1c(=O)n(C)c2cc(OCCCNCc3ccnc(CCc4cccnc4)c3)ccc21. The number of hydrogen-bond acceptors (Lipinski definition) is 5. The zero-order valence-electron chi connectivity index (χ0n) is 18.6. The Morgan fingerprint density at radius 1 is 0.969 bits per heavy atom. The van der Waals surface area contributed by atoms with Crippen molar-refractivity contribution in [3.63, 3.8) is 0 Å². The van der Waals surface area contributed by atoms with E-state index in [0.29, 0.717) is 6.61 Å². The molecule has 7 nitrogen and oxygen atoms in total. The summed E-state index contributed by atoms with van der Waals surface area (Å²) < 4.78 is 9.17. The van der Waals surface area contributed by atoms with E-state index < -0.39 is 0 Å². The van der Waals surface area contributed by atoms with Crippen molar-refractivity contribution in [2.24, 2.45) is 14.1 Å². The molecular formula is C25H29N5O2. The van der Waals surface area contributed by atoms with Gasteiger partial charge in [-0.3, -0.25) is 19.1 Å². The van der Waals surface area contributed by atoms with E-state index in [9.17, 15) is 4.79 Å². The minimum Gasteiger partial charge on any atom is -0.493 e. The van der Waals surface area contributed by atoms with Crippen LogP contribution in [0.15, 0.2) is 65.8 Å². The lowest BCUT2D eigenvalue weighted by Gasteiger charge is -2.09. The highest BCUT2D eigenvalue weighted by molar-refractivity contribution is 5.77. The third-order valence-corrected chi connectivity index (χ3v) is 5.61. The van der Waals surface area contributed by atoms with Crippen molar-refractivity contribution in [3.8, 4) is 5.75 Å². The summed E-state index contributed by atoms with van der Waals surface area (Å²) >= 11 is 0. The fourth-order valence-electron chi connectivity index (χ4n) is 3.79. The molecule has 0 aliphatic carbocycles. The molecule has 0 fully saturated rings. The summed E-state index contributed by atoms with van der Waals surface area (Å²) in [5, 5.41) is 3.47. The number of hydrogen-bond donors (Lipinski definition) is 1. The molecule has 0 saturated carbocycles. The van der Waals surface area contributed by atoms with E-state index in [0.717, 1.165) is 54.8 Å². The number of aromatic nitrogens is 4. The van der Waals surface area contributed by atoms with Gasteiger partial charge < -0.3 is 10.1 Å². The molecule has 1 aromatic carbocycles. The summed E-state index contributed by atoms with van der Waals surface area (Å²) in [5.41, 5.74) is 5.32. The summed E-state index contributed by atoms with van der Waals surface area (Å²) in [4.78, 5) is 20.7. The zero-order valence-corrected chi connectivity index (χ0v) is 18.6. The Morgan fingerprint density at radius 2 is 1.84 bits per heavy atom. The molecule has 0 aliphatic rings. The molecule has 0 saturated heterocycles. The van der Waals surface area contributed by atoms with E-state index in [1.54, 1.807) is 29.4 Å². The first-order valence-electron chi connectivity index (χ1n) is 10.9. The number of benzene rings is 1. The minimum absolute atomic E-state index is 0.0299. The third-order valence-electron chi connectivity index (χ3n) is 5.61. The zero-order chi connectivity index (χ0) is 22.3. The topological polar surface area (TPSA) is 74.0 Å². The molecule has 0 spiro atoms. The van der Waals surface area contributed by atoms with E-state index in [-0.39, 0.29) is 5.69 Å². The van der Waals surface area contributed by atoms with Crippen LogP contribution in [0.4, 0.5) is 0 Å². The Morgan fingerprint density at radius 3 is 2.69 bits per heavy atom. The van der Waals surface area contributed by atoms with Gasteiger partial charge in [0, 0.05) is 51.0 Å². The maximum Gasteiger partial charge on any atom is 0.328 e. The van der Waals surface area contributed by atoms with Crippen LogP contribution in [-0.4, -0.2) is 32.3 Å². The van der Waals surface area contributed by atoms with E-state index >= 15 is 0 Å². The molecule has 7 heteroatoms. The molecule has 32 heavy (non-hydrogen) atoms. The summed E-state index contributed by atoms with van der Waals surface area (Å²) in [6.45, 7) is 2.28. The molecule has 3 heterocycles. The van der Waals surface area contributed by atoms with E-state index in [4.69, 9.17) is 4.74 Å². The number of nitrogens with one attached hydrogen (secondary N) is 1. The Bertz CT molecular complexity index is 1230. The Balaban J connectivity index is 1.19. The van der Waals surface area contributed by atoms with Gasteiger partial charge >= 0.3 is 5.69 Å². The average molecular weight is 432 g/mol. The van der Waals surface area contributed by atoms with Crippen LogP contribution in [0.5, 0.6) is 5.75 Å². The van der Waals surface area contributed by atoms with Gasteiger partial charge in [0.05, 0.1) is 17.6 Å². The monoisotopic (exact) mass is 431 g/mol. The molecule has 4 rings (SSSR count). The van der Waals surface area contributed by atoms with Gasteiger partial charge in [0.25, 0.3) is 0 Å². The molecule has 3 aromatic heterocycles. The minimum atomic E-state index is -0.0299. The summed E-state index contributed by atoms with van der Waals surface area (Å²) in [6.07, 6.45) is 8.33. The van der Waals surface area contributed by atoms with Crippen LogP contribution in [0.3, 0.4) is 0 Å². The van der Waals surface area contributed by atoms with Crippen LogP contribution in [0.2, 0.25) is 0 Å². The van der Waals surface area contributed by atoms with Crippen LogP contribution in [0.25, 0.3) is 11.0 Å². The molecule has 0 bridgehead atoms. The molecule has 4 aromatic rings. The van der Waals surface area contributed by atoms with Gasteiger partial charge in [-0.05, 0) is 67.3 Å². The van der Waals surface area contributed by atoms with Gasteiger partial charge in [0.1, 0.15) is 5.75 Å². The summed E-state index contributed by atoms with van der Waals surface area (Å²) in [7, 11) is 3.56. The van der Waals surface area contributed by atoms with Gasteiger partial charge in [0.2, 0.25) is 0 Å². The van der Waals surface area contributed by atoms with Crippen molar-refractivity contribution >= 4 is 11.0 Å². The summed E-state index contributed by atoms with van der Waals surface area (Å²) in [5.74, 6) is 0.783. The van der Waals surface area contributed by atoms with Gasteiger partial charge in [-0.15, -0.1) is 0 Å². The second-order valence-electron chi connectivity index (χ2n) is 7.95. The Labute approximate surface area is 187 Å². The van der Waals surface area contributed by atoms with Crippen molar-refractivity contribution in [2.75, 3.05) is 13.2 Å². The largest absolute Gasteiger partial charge is 0.493 e. The molecule has 0 atom stereocenters. The fraction of sp³-hybridized carbons (Fsp3) is 0.320. The molecular weight excluding hydrogens is 402 g/mol. The van der Waals surface area contributed by atoms with Crippen LogP contribution in [0, 0.1) is 0 Å². The molecule has 0 aliphatic heterocycles. The number of nitrogens with zero attached hydrogens (tertiary/aromatic N) is 4. The third kappa shape index (κ3) is 5.23. The highest BCUT2D eigenvalue weighted by Gasteiger charge is 2.08. The van der Waals surface area contributed by atoms with E-state index in [1.165, 1.54) is 11.1 Å². The van der Waals surface area contributed by atoms with Crippen molar-refractivity contribution in [2.45, 2.75) is 25.8 Å². The lowest BCUT2D eigenvalue weighted by atomic mass is 10.1. The van der Waals surface area contributed by atoms with Crippen LogP contribution >= 0.6 is 0 Å². The Hall–Kier alpha value is -3.45. The second kappa shape index (κ2) is 10.2. The second-order valence-corrected chi connectivity index (χ2v) is 7.95. The lowest BCUT2D eigenvalue weighted by Crippen LogP contribution is -2.19. The predicted molar refractivity (Wildman–Crippen MR) is 126 cm³/mol. The standard InChI is InChI=1S/C25H29N5O2/c1-29-23-9-8-22(16-24(23)30(2)25(29)31)32-14-4-12-27-18-20-10-13-28-21(15-20)7-6-19-5-3-11-26-17-19/h3,5,8-11,13,15-17,27H,4,6-7,12,14,18H2,1-2H3. The molecule has 166 valence electrons. The number of ether oxygens (including phenoxy) is 1. The van der Waals surface area contributed by atoms with Crippen LogP contribution < -0.4 is 15.7 Å². The number of rotatable bonds is 10. The average Bonchev–Trinajstić information content (AvgIpc) is 3.04. The van der Waals surface area contributed by atoms with Gasteiger partial charge in [0.15, 0.2) is 0 Å². The van der Waals surface area contributed by atoms with Gasteiger partial charge in [-0.2, -0.15) is 0 Å². The van der Waals surface area contributed by atoms with E-state index in [1.807, 2.05) is 36.7 Å². The van der Waals surface area contributed by atoms with Crippen molar-refractivity contribution in [1.29, 1.82) is 0 Å². The maximum atomic E-state index is 12.0. The number of imidazole rings is 1. The molecule has 0 amide bonds. The quantitative estimate of drug-likeness (QED) is 0.391. The van der Waals surface area contributed by atoms with Gasteiger partial charge in [-0.25, -0.2) is 4.79 Å². The maximum absolute atomic E-state index is 12.0. The summed E-state index contributed by atoms with van der Waals surface area (Å²) in [6, 6.07) is 14.1. The van der Waals surface area contributed by atoms with Crippen LogP contribution in [0.1, 0.15) is 23.2 Å². The van der Waals surface area contributed by atoms with E-state index in [2.05, 4.69) is 33.5 Å². The van der Waals surface area contributed by atoms with Gasteiger partial charge in [-0.1, -0.05) is 6.07 Å². The van der Waals surface area contributed by atoms with Crippen molar-refractivity contribution in [3.05, 3.63) is 88.4 Å².